The van der Waals surface area contributed by atoms with Gasteiger partial charge in [-0.15, -0.1) is 0 Å². The van der Waals surface area contributed by atoms with Crippen LogP contribution in [0.15, 0.2) is 59.0 Å². The molecule has 0 spiro atoms. The molecular formula is C18H16N2O3. The molecule has 0 unspecified atom stereocenters. The highest BCUT2D eigenvalue weighted by molar-refractivity contribution is 5.96. The summed E-state index contributed by atoms with van der Waals surface area (Å²) in [7, 11) is 1.59. The molecule has 0 atom stereocenters. The number of ether oxygens (including phenoxy) is 1. The molecule has 3 rings (SSSR count). The predicted molar refractivity (Wildman–Crippen MR) is 86.3 cm³/mol. The Morgan fingerprint density at radius 2 is 1.83 bits per heavy atom. The first-order chi connectivity index (χ1) is 11.2. The number of amides is 1. The summed E-state index contributed by atoms with van der Waals surface area (Å²) >= 11 is 0. The van der Waals surface area contributed by atoms with Crippen molar-refractivity contribution in [3.05, 3.63) is 71.7 Å². The third-order valence-electron chi connectivity index (χ3n) is 3.46. The number of carbonyl (C=O) groups is 1. The molecule has 3 aromatic rings. The number of hydrogen-bond acceptors (Lipinski definition) is 4. The lowest BCUT2D eigenvalue weighted by Crippen LogP contribution is -2.12. The van der Waals surface area contributed by atoms with E-state index in [9.17, 15) is 4.79 Å². The van der Waals surface area contributed by atoms with Crippen LogP contribution in [0.4, 0.5) is 0 Å². The lowest BCUT2D eigenvalue weighted by molar-refractivity contribution is 0.0996. The van der Waals surface area contributed by atoms with Crippen molar-refractivity contribution in [3.63, 3.8) is 0 Å². The Hall–Kier alpha value is -3.08. The minimum atomic E-state index is -0.612. The van der Waals surface area contributed by atoms with Gasteiger partial charge in [0.1, 0.15) is 5.75 Å². The number of benzene rings is 2. The number of oxazole rings is 1. The van der Waals surface area contributed by atoms with Gasteiger partial charge in [-0.3, -0.25) is 4.79 Å². The van der Waals surface area contributed by atoms with Crippen molar-refractivity contribution in [1.82, 2.24) is 4.98 Å². The smallest absolute Gasteiger partial charge is 0.271 e. The number of aromatic nitrogens is 1. The zero-order chi connectivity index (χ0) is 16.2. The Morgan fingerprint density at radius 1 is 1.13 bits per heavy atom. The molecule has 0 aliphatic heterocycles. The van der Waals surface area contributed by atoms with E-state index >= 15 is 0 Å². The molecule has 5 heteroatoms. The van der Waals surface area contributed by atoms with E-state index in [-0.39, 0.29) is 5.69 Å². The van der Waals surface area contributed by atoms with Crippen LogP contribution >= 0.6 is 0 Å². The van der Waals surface area contributed by atoms with Gasteiger partial charge in [-0.1, -0.05) is 30.3 Å². The number of primary amides is 1. The minimum absolute atomic E-state index is 0.140. The number of nitrogens with zero attached hydrogens (tertiary/aromatic N) is 1. The fourth-order valence-electron chi connectivity index (χ4n) is 2.32. The molecule has 0 bridgehead atoms. The summed E-state index contributed by atoms with van der Waals surface area (Å²) in [5, 5.41) is 0. The number of hydrogen-bond donors (Lipinski definition) is 1. The molecule has 0 radical (unpaired) electrons. The van der Waals surface area contributed by atoms with E-state index in [1.54, 1.807) is 31.4 Å². The Labute approximate surface area is 133 Å². The van der Waals surface area contributed by atoms with E-state index < -0.39 is 5.91 Å². The second kappa shape index (κ2) is 6.36. The van der Waals surface area contributed by atoms with Crippen LogP contribution in [-0.2, 0) is 6.42 Å². The Bertz CT molecular complexity index is 808. The van der Waals surface area contributed by atoms with Gasteiger partial charge in [0, 0.05) is 12.0 Å². The number of methoxy groups -OCH3 is 1. The van der Waals surface area contributed by atoms with Crippen molar-refractivity contribution in [2.24, 2.45) is 5.73 Å². The fourth-order valence-corrected chi connectivity index (χ4v) is 2.32. The molecule has 2 aromatic carbocycles. The zero-order valence-electron chi connectivity index (χ0n) is 12.7. The molecule has 0 saturated heterocycles. The van der Waals surface area contributed by atoms with E-state index in [0.29, 0.717) is 18.1 Å². The Morgan fingerprint density at radius 3 is 2.43 bits per heavy atom. The average molecular weight is 308 g/mol. The van der Waals surface area contributed by atoms with E-state index in [2.05, 4.69) is 4.98 Å². The van der Waals surface area contributed by atoms with Crippen molar-refractivity contribution in [1.29, 1.82) is 0 Å². The standard InChI is InChI=1S/C18H16N2O3/c1-22-14-9-7-13(8-10-14)17-16(18(19)21)20-15(23-17)11-12-5-3-2-4-6-12/h2-10H,11H2,1H3,(H2,19,21). The molecule has 0 fully saturated rings. The molecule has 2 N–H and O–H groups in total. The normalized spacial score (nSPS) is 10.5. The number of nitrogens with two attached hydrogens (primary N) is 1. The van der Waals surface area contributed by atoms with Gasteiger partial charge in [0.2, 0.25) is 0 Å². The third kappa shape index (κ3) is 3.23. The quantitative estimate of drug-likeness (QED) is 0.785. The second-order valence-electron chi connectivity index (χ2n) is 5.04. The molecule has 0 saturated carbocycles. The summed E-state index contributed by atoms with van der Waals surface area (Å²) in [6.07, 6.45) is 0.497. The average Bonchev–Trinajstić information content (AvgIpc) is 3.00. The van der Waals surface area contributed by atoms with Crippen LogP contribution < -0.4 is 10.5 Å². The first-order valence-corrected chi connectivity index (χ1v) is 7.15. The fraction of sp³-hybridized carbons (Fsp3) is 0.111. The number of rotatable bonds is 5. The van der Waals surface area contributed by atoms with E-state index in [1.165, 1.54) is 0 Å². The van der Waals surface area contributed by atoms with Gasteiger partial charge in [0.05, 0.1) is 7.11 Å². The van der Waals surface area contributed by atoms with Gasteiger partial charge >= 0.3 is 0 Å². The van der Waals surface area contributed by atoms with Crippen molar-refractivity contribution >= 4 is 5.91 Å². The molecule has 1 heterocycles. The molecule has 1 aromatic heterocycles. The summed E-state index contributed by atoms with van der Waals surface area (Å²) in [6, 6.07) is 17.0. The summed E-state index contributed by atoms with van der Waals surface area (Å²) in [4.78, 5) is 15.9. The van der Waals surface area contributed by atoms with Gasteiger partial charge in [-0.05, 0) is 29.8 Å². The van der Waals surface area contributed by atoms with E-state index in [1.807, 2.05) is 30.3 Å². The van der Waals surface area contributed by atoms with Crippen molar-refractivity contribution in [3.8, 4) is 17.1 Å². The van der Waals surface area contributed by atoms with Crippen molar-refractivity contribution in [2.75, 3.05) is 7.11 Å². The van der Waals surface area contributed by atoms with Gasteiger partial charge in [0.25, 0.3) is 5.91 Å². The van der Waals surface area contributed by atoms with E-state index in [0.717, 1.165) is 16.9 Å². The molecule has 116 valence electrons. The van der Waals surface area contributed by atoms with Crippen LogP contribution in [0.2, 0.25) is 0 Å². The van der Waals surface area contributed by atoms with Gasteiger partial charge in [0.15, 0.2) is 17.3 Å². The molecular weight excluding hydrogens is 292 g/mol. The van der Waals surface area contributed by atoms with Crippen LogP contribution in [0.3, 0.4) is 0 Å². The second-order valence-corrected chi connectivity index (χ2v) is 5.04. The van der Waals surface area contributed by atoms with Crippen LogP contribution in [-0.4, -0.2) is 18.0 Å². The Kier molecular flexibility index (Phi) is 4.10. The van der Waals surface area contributed by atoms with Crippen LogP contribution in [0.5, 0.6) is 5.75 Å². The highest BCUT2D eigenvalue weighted by atomic mass is 16.5. The number of carbonyl (C=O) groups excluding carboxylic acids is 1. The first-order valence-electron chi connectivity index (χ1n) is 7.15. The van der Waals surface area contributed by atoms with Crippen LogP contribution in [0, 0.1) is 0 Å². The summed E-state index contributed by atoms with van der Waals surface area (Å²) in [6.45, 7) is 0. The highest BCUT2D eigenvalue weighted by Crippen LogP contribution is 2.27. The van der Waals surface area contributed by atoms with E-state index in [4.69, 9.17) is 14.9 Å². The SMILES string of the molecule is COc1ccc(-c2oc(Cc3ccccc3)nc2C(N)=O)cc1. The van der Waals surface area contributed by atoms with Crippen molar-refractivity contribution < 1.29 is 13.9 Å². The highest BCUT2D eigenvalue weighted by Gasteiger charge is 2.19. The molecule has 0 aliphatic carbocycles. The summed E-state index contributed by atoms with van der Waals surface area (Å²) < 4.78 is 10.9. The molecule has 5 nitrogen and oxygen atoms in total. The maximum atomic E-state index is 11.7. The lowest BCUT2D eigenvalue weighted by atomic mass is 10.1. The van der Waals surface area contributed by atoms with Gasteiger partial charge in [-0.2, -0.15) is 0 Å². The monoisotopic (exact) mass is 308 g/mol. The van der Waals surface area contributed by atoms with Crippen molar-refractivity contribution in [2.45, 2.75) is 6.42 Å². The largest absolute Gasteiger partial charge is 0.497 e. The molecule has 23 heavy (non-hydrogen) atoms. The van der Waals surface area contributed by atoms with Crippen LogP contribution in [0.1, 0.15) is 21.9 Å². The third-order valence-corrected chi connectivity index (χ3v) is 3.46. The zero-order valence-corrected chi connectivity index (χ0v) is 12.7. The van der Waals surface area contributed by atoms with Gasteiger partial charge in [-0.25, -0.2) is 4.98 Å². The topological polar surface area (TPSA) is 78.3 Å². The summed E-state index contributed by atoms with van der Waals surface area (Å²) in [5.74, 6) is 0.944. The maximum Gasteiger partial charge on any atom is 0.271 e. The lowest BCUT2D eigenvalue weighted by Gasteiger charge is -2.01. The molecule has 1 amide bonds. The van der Waals surface area contributed by atoms with Crippen LogP contribution in [0.25, 0.3) is 11.3 Å². The minimum Gasteiger partial charge on any atom is -0.497 e. The predicted octanol–water partition coefficient (Wildman–Crippen LogP) is 3.04. The molecule has 0 aliphatic rings. The summed E-state index contributed by atoms with van der Waals surface area (Å²) in [5.41, 5.74) is 7.34. The first kappa shape index (κ1) is 14.8. The maximum absolute atomic E-state index is 11.7. The van der Waals surface area contributed by atoms with Gasteiger partial charge < -0.3 is 14.9 Å². The Balaban J connectivity index is 1.96.